The Morgan fingerprint density at radius 3 is 2.79 bits per heavy atom. The number of hydrogen-bond donors (Lipinski definition) is 2. The Labute approximate surface area is 148 Å². The molecule has 1 amide bonds. The van der Waals surface area contributed by atoms with Crippen LogP contribution < -0.4 is 15.4 Å². The zero-order valence-electron chi connectivity index (χ0n) is 13.2. The first-order valence-corrected chi connectivity index (χ1v) is 9.57. The lowest BCUT2D eigenvalue weighted by Gasteiger charge is -2.21. The predicted molar refractivity (Wildman–Crippen MR) is 92.8 cm³/mol. The second-order valence-corrected chi connectivity index (χ2v) is 8.29. The summed E-state index contributed by atoms with van der Waals surface area (Å²) in [5, 5.41) is 15.2. The fraction of sp³-hybridized carbons (Fsp3) is 0.438. The van der Waals surface area contributed by atoms with Gasteiger partial charge in [0.15, 0.2) is 4.34 Å². The predicted octanol–water partition coefficient (Wildman–Crippen LogP) is 2.32. The first-order valence-electron chi connectivity index (χ1n) is 7.93. The number of hydrogen-bond acceptors (Lipinski definition) is 7. The maximum absolute atomic E-state index is 12.4. The van der Waals surface area contributed by atoms with E-state index >= 15 is 0 Å². The van der Waals surface area contributed by atoms with Crippen molar-refractivity contribution in [3.63, 3.8) is 0 Å². The van der Waals surface area contributed by atoms with Gasteiger partial charge in [-0.05, 0) is 54.9 Å². The van der Waals surface area contributed by atoms with Gasteiger partial charge in [-0.3, -0.25) is 4.79 Å². The molecule has 2 aliphatic rings. The molecule has 0 spiro atoms. The van der Waals surface area contributed by atoms with Crippen molar-refractivity contribution in [1.29, 1.82) is 0 Å². The Kier molecular flexibility index (Phi) is 4.43. The van der Waals surface area contributed by atoms with Crippen LogP contribution in [0.1, 0.15) is 29.6 Å². The van der Waals surface area contributed by atoms with Gasteiger partial charge in [-0.25, -0.2) is 0 Å². The maximum Gasteiger partial charge on any atom is 0.294 e. The summed E-state index contributed by atoms with van der Waals surface area (Å²) < 4.78 is 5.86. The van der Waals surface area contributed by atoms with Gasteiger partial charge >= 0.3 is 0 Å². The van der Waals surface area contributed by atoms with E-state index in [0.29, 0.717) is 22.8 Å². The van der Waals surface area contributed by atoms with Crippen LogP contribution in [0.25, 0.3) is 0 Å². The van der Waals surface area contributed by atoms with Crippen LogP contribution in [0, 0.1) is 0 Å². The Morgan fingerprint density at radius 2 is 2.17 bits per heavy atom. The highest BCUT2D eigenvalue weighted by atomic mass is 32.2. The first kappa shape index (κ1) is 15.9. The van der Waals surface area contributed by atoms with Crippen molar-refractivity contribution in [3.05, 3.63) is 29.8 Å². The molecule has 0 radical (unpaired) electrons. The molecule has 2 aliphatic heterocycles. The molecule has 2 bridgehead atoms. The molecule has 2 aromatic rings. The second kappa shape index (κ2) is 6.70. The molecule has 126 valence electrons. The highest BCUT2D eigenvalue weighted by Gasteiger charge is 2.39. The van der Waals surface area contributed by atoms with Gasteiger partial charge in [0.1, 0.15) is 0 Å². The van der Waals surface area contributed by atoms with Crippen molar-refractivity contribution in [2.75, 3.05) is 7.11 Å². The lowest BCUT2D eigenvalue weighted by atomic mass is 9.95. The number of fused-ring (bicyclic) bond motifs is 2. The minimum atomic E-state index is 0.00323. The number of nitrogens with one attached hydrogen (secondary N) is 2. The second-order valence-electron chi connectivity index (χ2n) is 6.03. The van der Waals surface area contributed by atoms with Crippen molar-refractivity contribution >= 4 is 29.0 Å². The molecule has 1 aromatic carbocycles. The quantitative estimate of drug-likeness (QED) is 0.850. The fourth-order valence-electron chi connectivity index (χ4n) is 3.33. The van der Waals surface area contributed by atoms with Gasteiger partial charge in [0.2, 0.25) is 0 Å². The van der Waals surface area contributed by atoms with Crippen LogP contribution in [0.2, 0.25) is 0 Å². The van der Waals surface area contributed by atoms with Crippen molar-refractivity contribution in [2.45, 2.75) is 46.6 Å². The number of aromatic nitrogens is 2. The summed E-state index contributed by atoms with van der Waals surface area (Å²) in [6.45, 7) is 0. The maximum atomic E-state index is 12.4. The molecule has 6 nitrogen and oxygen atoms in total. The molecule has 0 unspecified atom stereocenters. The lowest BCUT2D eigenvalue weighted by molar-refractivity contribution is 0.0931. The third-order valence-electron chi connectivity index (χ3n) is 4.50. The standard InChI is InChI=1S/C16H18N4O2S2/c1-22-15-19-20-16(24-15)23-11-5-2-9(3-6-11)14(21)18-13-8-10-4-7-12(13)17-10/h2-3,5-6,10,12-13,17H,4,7-8H2,1H3,(H,18,21)/t10-,12+,13-/m1/s1. The summed E-state index contributed by atoms with van der Waals surface area (Å²) >= 11 is 2.91. The lowest BCUT2D eigenvalue weighted by Crippen LogP contribution is -2.42. The number of methoxy groups -OCH3 is 1. The highest BCUT2D eigenvalue weighted by molar-refractivity contribution is 8.01. The summed E-state index contributed by atoms with van der Waals surface area (Å²) in [6.07, 6.45) is 3.44. The van der Waals surface area contributed by atoms with Gasteiger partial charge in [0.05, 0.1) is 7.11 Å². The number of benzene rings is 1. The molecule has 0 aliphatic carbocycles. The van der Waals surface area contributed by atoms with E-state index < -0.39 is 0 Å². The minimum absolute atomic E-state index is 0.00323. The summed E-state index contributed by atoms with van der Waals surface area (Å²) in [4.78, 5) is 13.4. The average Bonchev–Trinajstić information content (AvgIpc) is 3.32. The highest BCUT2D eigenvalue weighted by Crippen LogP contribution is 2.33. The van der Waals surface area contributed by atoms with Gasteiger partial charge in [-0.1, -0.05) is 16.9 Å². The molecule has 4 rings (SSSR count). The largest absolute Gasteiger partial charge is 0.472 e. The summed E-state index contributed by atoms with van der Waals surface area (Å²) in [6, 6.07) is 8.88. The van der Waals surface area contributed by atoms with Crippen molar-refractivity contribution < 1.29 is 9.53 Å². The molecule has 3 heterocycles. The zero-order chi connectivity index (χ0) is 16.5. The molecular formula is C16H18N4O2S2. The Morgan fingerprint density at radius 1 is 1.33 bits per heavy atom. The van der Waals surface area contributed by atoms with E-state index in [4.69, 9.17) is 4.74 Å². The number of carbonyl (C=O) groups is 1. The normalized spacial score (nSPS) is 25.0. The van der Waals surface area contributed by atoms with Gasteiger partial charge in [-0.2, -0.15) is 0 Å². The van der Waals surface area contributed by atoms with Crippen LogP contribution in [-0.2, 0) is 0 Å². The third-order valence-corrected chi connectivity index (χ3v) is 6.44. The summed E-state index contributed by atoms with van der Waals surface area (Å²) in [7, 11) is 1.58. The summed E-state index contributed by atoms with van der Waals surface area (Å²) in [5.74, 6) is 0.00323. The third kappa shape index (κ3) is 3.26. The Bertz CT molecular complexity index is 734. The van der Waals surface area contributed by atoms with Crippen molar-refractivity contribution in [3.8, 4) is 5.19 Å². The first-order chi connectivity index (χ1) is 11.7. The van der Waals surface area contributed by atoms with Crippen LogP contribution in [-0.4, -0.2) is 41.3 Å². The van der Waals surface area contributed by atoms with Crippen LogP contribution >= 0.6 is 23.1 Å². The zero-order valence-corrected chi connectivity index (χ0v) is 14.8. The van der Waals surface area contributed by atoms with E-state index in [0.717, 1.165) is 22.1 Å². The van der Waals surface area contributed by atoms with Crippen LogP contribution in [0.5, 0.6) is 5.19 Å². The molecule has 24 heavy (non-hydrogen) atoms. The Balaban J connectivity index is 1.37. The molecular weight excluding hydrogens is 344 g/mol. The Hall–Kier alpha value is -1.64. The number of carbonyl (C=O) groups excluding carboxylic acids is 1. The van der Waals surface area contributed by atoms with Crippen molar-refractivity contribution in [2.24, 2.45) is 0 Å². The fourth-order valence-corrected chi connectivity index (χ4v) is 4.95. The van der Waals surface area contributed by atoms with E-state index in [2.05, 4.69) is 20.8 Å². The number of rotatable bonds is 5. The van der Waals surface area contributed by atoms with E-state index in [1.54, 1.807) is 7.11 Å². The minimum Gasteiger partial charge on any atom is -0.472 e. The SMILES string of the molecule is COc1nnc(Sc2ccc(C(=O)N[C@@H]3C[C@H]4CC[C@@H]3N4)cc2)s1. The number of ether oxygens (including phenoxy) is 1. The average molecular weight is 362 g/mol. The van der Waals surface area contributed by atoms with E-state index in [9.17, 15) is 4.79 Å². The van der Waals surface area contributed by atoms with E-state index in [1.165, 1.54) is 29.5 Å². The molecule has 2 fully saturated rings. The van der Waals surface area contributed by atoms with Gasteiger partial charge in [-0.15, -0.1) is 5.10 Å². The molecule has 3 atom stereocenters. The van der Waals surface area contributed by atoms with Gasteiger partial charge < -0.3 is 15.4 Å². The van der Waals surface area contributed by atoms with Crippen molar-refractivity contribution in [1.82, 2.24) is 20.8 Å². The van der Waals surface area contributed by atoms with Crippen LogP contribution in [0.4, 0.5) is 0 Å². The molecule has 2 saturated heterocycles. The van der Waals surface area contributed by atoms with Crippen LogP contribution in [0.3, 0.4) is 0 Å². The topological polar surface area (TPSA) is 76.1 Å². The van der Waals surface area contributed by atoms with Crippen LogP contribution in [0.15, 0.2) is 33.5 Å². The summed E-state index contributed by atoms with van der Waals surface area (Å²) in [5.41, 5.74) is 0.692. The number of amides is 1. The van der Waals surface area contributed by atoms with E-state index in [-0.39, 0.29) is 11.9 Å². The molecule has 8 heteroatoms. The van der Waals surface area contributed by atoms with Gasteiger partial charge in [0.25, 0.3) is 11.1 Å². The van der Waals surface area contributed by atoms with E-state index in [1.807, 2.05) is 24.3 Å². The molecule has 0 saturated carbocycles. The monoisotopic (exact) mass is 362 g/mol. The smallest absolute Gasteiger partial charge is 0.294 e. The van der Waals surface area contributed by atoms with Gasteiger partial charge in [0, 0.05) is 28.6 Å². The molecule has 2 N–H and O–H groups in total. The molecule has 1 aromatic heterocycles. The number of nitrogens with zero attached hydrogens (tertiary/aromatic N) is 2.